The van der Waals surface area contributed by atoms with Crippen LogP contribution in [0.5, 0.6) is 0 Å². The number of aliphatic carboxylic acids is 1. The number of carboxylic acids is 1. The molecule has 0 aromatic heterocycles. The van der Waals surface area contributed by atoms with Gasteiger partial charge < -0.3 is 10.0 Å². The molecule has 4 unspecified atom stereocenters. The van der Waals surface area contributed by atoms with E-state index in [1.54, 1.807) is 0 Å². The number of fused-ring (bicyclic) bond motifs is 1. The Morgan fingerprint density at radius 3 is 2.35 bits per heavy atom. The summed E-state index contributed by atoms with van der Waals surface area (Å²) in [5.74, 6) is 0.920. The van der Waals surface area contributed by atoms with E-state index in [0.29, 0.717) is 19.5 Å². The van der Waals surface area contributed by atoms with Gasteiger partial charge in [-0.3, -0.25) is 9.59 Å². The minimum atomic E-state index is -0.753. The smallest absolute Gasteiger partial charge is 0.308 e. The summed E-state index contributed by atoms with van der Waals surface area (Å²) in [5, 5.41) is 9.04. The van der Waals surface area contributed by atoms with Crippen molar-refractivity contribution in [3.8, 4) is 0 Å². The van der Waals surface area contributed by atoms with E-state index in [1.807, 2.05) is 4.90 Å². The number of nitrogens with zero attached hydrogens (tertiary/aromatic N) is 1. The molecular formula is C16H25NO3. The number of hydrogen-bond donors (Lipinski definition) is 1. The Morgan fingerprint density at radius 1 is 0.900 bits per heavy atom. The Kier molecular flexibility index (Phi) is 3.99. The van der Waals surface area contributed by atoms with Gasteiger partial charge in [-0.1, -0.05) is 25.7 Å². The SMILES string of the molecule is O=C(O)C1CCN(C(=O)C2CCC3CCCCC3C2)C1. The van der Waals surface area contributed by atoms with E-state index in [0.717, 1.165) is 24.7 Å². The molecule has 2 aliphatic carbocycles. The lowest BCUT2D eigenvalue weighted by atomic mass is 9.67. The normalized spacial score (nSPS) is 37.5. The van der Waals surface area contributed by atoms with E-state index in [-0.39, 0.29) is 17.7 Å². The first-order valence-electron chi connectivity index (χ1n) is 8.16. The van der Waals surface area contributed by atoms with Crippen LogP contribution in [0, 0.1) is 23.7 Å². The zero-order valence-corrected chi connectivity index (χ0v) is 12.1. The summed E-state index contributed by atoms with van der Waals surface area (Å²) in [6.07, 6.45) is 9.25. The van der Waals surface area contributed by atoms with Crippen molar-refractivity contribution in [1.82, 2.24) is 4.90 Å². The van der Waals surface area contributed by atoms with Crippen LogP contribution in [-0.2, 0) is 9.59 Å². The van der Waals surface area contributed by atoms with Gasteiger partial charge in [0.1, 0.15) is 0 Å². The molecule has 4 atom stereocenters. The van der Waals surface area contributed by atoms with Gasteiger partial charge in [0.2, 0.25) is 5.91 Å². The van der Waals surface area contributed by atoms with Crippen LogP contribution in [0.1, 0.15) is 51.4 Å². The van der Waals surface area contributed by atoms with Gasteiger partial charge in [-0.15, -0.1) is 0 Å². The molecule has 0 aromatic rings. The zero-order valence-electron chi connectivity index (χ0n) is 12.1. The van der Waals surface area contributed by atoms with Crippen LogP contribution in [0.3, 0.4) is 0 Å². The van der Waals surface area contributed by atoms with E-state index in [9.17, 15) is 9.59 Å². The van der Waals surface area contributed by atoms with Crippen LogP contribution < -0.4 is 0 Å². The highest BCUT2D eigenvalue weighted by Crippen LogP contribution is 2.43. The molecule has 2 saturated carbocycles. The summed E-state index contributed by atoms with van der Waals surface area (Å²) in [6.45, 7) is 1.07. The number of carbonyl (C=O) groups is 2. The van der Waals surface area contributed by atoms with E-state index < -0.39 is 5.97 Å². The van der Waals surface area contributed by atoms with Crippen molar-refractivity contribution in [2.75, 3.05) is 13.1 Å². The number of carboxylic acid groups (broad SMARTS) is 1. The average Bonchev–Trinajstić information content (AvgIpc) is 2.96. The van der Waals surface area contributed by atoms with Crippen molar-refractivity contribution in [2.45, 2.75) is 51.4 Å². The van der Waals surface area contributed by atoms with Crippen molar-refractivity contribution in [2.24, 2.45) is 23.7 Å². The van der Waals surface area contributed by atoms with E-state index >= 15 is 0 Å². The highest BCUT2D eigenvalue weighted by atomic mass is 16.4. The van der Waals surface area contributed by atoms with Gasteiger partial charge in [0.15, 0.2) is 0 Å². The standard InChI is InChI=1S/C16H25NO3/c18-15(17-8-7-14(10-17)16(19)20)13-6-5-11-3-1-2-4-12(11)9-13/h11-14H,1-10H2,(H,19,20). The molecule has 3 aliphatic rings. The van der Waals surface area contributed by atoms with Crippen LogP contribution in [0.25, 0.3) is 0 Å². The zero-order chi connectivity index (χ0) is 14.1. The molecule has 1 amide bonds. The second-order valence-electron chi connectivity index (χ2n) is 6.92. The Morgan fingerprint density at radius 2 is 1.65 bits per heavy atom. The molecule has 4 nitrogen and oxygen atoms in total. The van der Waals surface area contributed by atoms with E-state index in [1.165, 1.54) is 32.1 Å². The predicted octanol–water partition coefficient (Wildman–Crippen LogP) is 2.53. The van der Waals surface area contributed by atoms with Crippen molar-refractivity contribution >= 4 is 11.9 Å². The molecule has 1 N–H and O–H groups in total. The van der Waals surface area contributed by atoms with Crippen LogP contribution >= 0.6 is 0 Å². The van der Waals surface area contributed by atoms with E-state index in [4.69, 9.17) is 5.11 Å². The lowest BCUT2D eigenvalue weighted by Gasteiger charge is -2.39. The summed E-state index contributed by atoms with van der Waals surface area (Å²) in [4.78, 5) is 25.4. The number of carbonyl (C=O) groups excluding carboxylic acids is 1. The average molecular weight is 279 g/mol. The first-order chi connectivity index (χ1) is 9.65. The highest BCUT2D eigenvalue weighted by molar-refractivity contribution is 5.80. The highest BCUT2D eigenvalue weighted by Gasteiger charge is 2.39. The summed E-state index contributed by atoms with van der Waals surface area (Å²) >= 11 is 0. The third-order valence-electron chi connectivity index (χ3n) is 5.74. The first kappa shape index (κ1) is 13.9. The second kappa shape index (κ2) is 5.74. The minimum Gasteiger partial charge on any atom is -0.481 e. The number of amides is 1. The number of hydrogen-bond acceptors (Lipinski definition) is 2. The van der Waals surface area contributed by atoms with Crippen LogP contribution in [-0.4, -0.2) is 35.0 Å². The number of rotatable bonds is 2. The summed E-state index contributed by atoms with van der Waals surface area (Å²) in [5.41, 5.74) is 0. The molecule has 1 aliphatic heterocycles. The molecule has 3 rings (SSSR count). The Hall–Kier alpha value is -1.06. The third-order valence-corrected chi connectivity index (χ3v) is 5.74. The van der Waals surface area contributed by atoms with Crippen LogP contribution in [0.4, 0.5) is 0 Å². The predicted molar refractivity (Wildman–Crippen MR) is 75.1 cm³/mol. The minimum absolute atomic E-state index is 0.168. The largest absolute Gasteiger partial charge is 0.481 e. The molecule has 0 spiro atoms. The Balaban J connectivity index is 1.57. The Bertz CT molecular complexity index is 395. The van der Waals surface area contributed by atoms with Gasteiger partial charge in [-0.25, -0.2) is 0 Å². The third kappa shape index (κ3) is 2.70. The maximum absolute atomic E-state index is 12.6. The van der Waals surface area contributed by atoms with Gasteiger partial charge in [-0.2, -0.15) is 0 Å². The van der Waals surface area contributed by atoms with E-state index in [2.05, 4.69) is 0 Å². The fourth-order valence-corrected chi connectivity index (χ4v) is 4.52. The fraction of sp³-hybridized carbons (Fsp3) is 0.875. The van der Waals surface area contributed by atoms with Crippen molar-refractivity contribution in [3.63, 3.8) is 0 Å². The fourth-order valence-electron chi connectivity index (χ4n) is 4.52. The van der Waals surface area contributed by atoms with Crippen LogP contribution in [0.15, 0.2) is 0 Å². The molecule has 1 heterocycles. The summed E-state index contributed by atoms with van der Waals surface area (Å²) in [6, 6.07) is 0. The molecule has 112 valence electrons. The van der Waals surface area contributed by atoms with Gasteiger partial charge in [0, 0.05) is 19.0 Å². The molecule has 0 aromatic carbocycles. The molecular weight excluding hydrogens is 254 g/mol. The monoisotopic (exact) mass is 279 g/mol. The molecule has 1 saturated heterocycles. The van der Waals surface area contributed by atoms with Crippen LogP contribution in [0.2, 0.25) is 0 Å². The maximum Gasteiger partial charge on any atom is 0.308 e. The van der Waals surface area contributed by atoms with Crippen molar-refractivity contribution < 1.29 is 14.7 Å². The maximum atomic E-state index is 12.6. The quantitative estimate of drug-likeness (QED) is 0.845. The molecule has 3 fully saturated rings. The van der Waals surface area contributed by atoms with Crippen molar-refractivity contribution in [3.05, 3.63) is 0 Å². The first-order valence-corrected chi connectivity index (χ1v) is 8.16. The summed E-state index contributed by atoms with van der Waals surface area (Å²) in [7, 11) is 0. The van der Waals surface area contributed by atoms with Gasteiger partial charge in [0.05, 0.1) is 5.92 Å². The van der Waals surface area contributed by atoms with Gasteiger partial charge in [-0.05, 0) is 37.5 Å². The lowest BCUT2D eigenvalue weighted by Crippen LogP contribution is -2.39. The Labute approximate surface area is 120 Å². The molecule has 0 radical (unpaired) electrons. The second-order valence-corrected chi connectivity index (χ2v) is 6.92. The molecule has 4 heteroatoms. The van der Waals surface area contributed by atoms with Gasteiger partial charge >= 0.3 is 5.97 Å². The molecule has 0 bridgehead atoms. The summed E-state index contributed by atoms with van der Waals surface area (Å²) < 4.78 is 0. The molecule has 20 heavy (non-hydrogen) atoms. The number of likely N-dealkylation sites (tertiary alicyclic amines) is 1. The lowest BCUT2D eigenvalue weighted by molar-refractivity contribution is -0.142. The van der Waals surface area contributed by atoms with Crippen molar-refractivity contribution in [1.29, 1.82) is 0 Å². The topological polar surface area (TPSA) is 57.6 Å². The van der Waals surface area contributed by atoms with Gasteiger partial charge in [0.25, 0.3) is 0 Å².